The summed E-state index contributed by atoms with van der Waals surface area (Å²) < 4.78 is 2.12. The number of rotatable bonds is 5. The molecule has 0 aliphatic rings. The zero-order valence-electron chi connectivity index (χ0n) is 16.8. The van der Waals surface area contributed by atoms with Gasteiger partial charge in [0.2, 0.25) is 5.91 Å². The van der Waals surface area contributed by atoms with Gasteiger partial charge in [0.05, 0.1) is 16.8 Å². The Bertz CT molecular complexity index is 1160. The van der Waals surface area contributed by atoms with Gasteiger partial charge in [0, 0.05) is 11.4 Å². The summed E-state index contributed by atoms with van der Waals surface area (Å²) in [6.07, 6.45) is 0. The van der Waals surface area contributed by atoms with Crippen LogP contribution in [0.3, 0.4) is 0 Å². The molecule has 0 saturated carbocycles. The quantitative estimate of drug-likeness (QED) is 0.438. The van der Waals surface area contributed by atoms with Crippen LogP contribution in [0.1, 0.15) is 16.7 Å². The van der Waals surface area contributed by atoms with E-state index in [4.69, 9.17) is 4.98 Å². The number of carbonyl (C=O) groups is 1. The minimum absolute atomic E-state index is 0.0325. The molecule has 3 aromatic carbocycles. The first-order chi connectivity index (χ1) is 14.0. The molecule has 0 saturated heterocycles. The lowest BCUT2D eigenvalue weighted by atomic mass is 10.1. The van der Waals surface area contributed by atoms with E-state index in [-0.39, 0.29) is 5.91 Å². The highest BCUT2D eigenvalue weighted by Crippen LogP contribution is 2.28. The van der Waals surface area contributed by atoms with Crippen LogP contribution in [0.15, 0.2) is 71.9 Å². The van der Waals surface area contributed by atoms with Crippen molar-refractivity contribution in [3.8, 4) is 5.69 Å². The van der Waals surface area contributed by atoms with Crippen LogP contribution < -0.4 is 5.32 Å². The lowest BCUT2D eigenvalue weighted by Gasteiger charge is -2.12. The molecule has 1 N–H and O–H groups in total. The summed E-state index contributed by atoms with van der Waals surface area (Å²) in [5.74, 6) is 0.262. The monoisotopic (exact) mass is 401 g/mol. The van der Waals surface area contributed by atoms with Gasteiger partial charge in [-0.3, -0.25) is 9.36 Å². The lowest BCUT2D eigenvalue weighted by molar-refractivity contribution is -0.113. The number of hydrogen-bond donors (Lipinski definition) is 1. The maximum absolute atomic E-state index is 12.6. The van der Waals surface area contributed by atoms with Crippen molar-refractivity contribution in [3.05, 3.63) is 83.4 Å². The number of aryl methyl sites for hydroxylation is 3. The van der Waals surface area contributed by atoms with E-state index in [2.05, 4.69) is 47.1 Å². The van der Waals surface area contributed by atoms with Crippen molar-refractivity contribution in [1.29, 1.82) is 0 Å². The first-order valence-corrected chi connectivity index (χ1v) is 10.5. The minimum atomic E-state index is -0.0325. The molecule has 1 amide bonds. The Hall–Kier alpha value is -3.05. The van der Waals surface area contributed by atoms with Gasteiger partial charge in [-0.1, -0.05) is 59.8 Å². The summed E-state index contributed by atoms with van der Waals surface area (Å²) in [7, 11) is 0. The summed E-state index contributed by atoms with van der Waals surface area (Å²) in [5.41, 5.74) is 7.23. The van der Waals surface area contributed by atoms with Gasteiger partial charge in [-0.15, -0.1) is 0 Å². The number of imidazole rings is 1. The fourth-order valence-electron chi connectivity index (χ4n) is 3.36. The second-order valence-corrected chi connectivity index (χ2v) is 8.10. The van der Waals surface area contributed by atoms with Crippen LogP contribution in [-0.4, -0.2) is 21.2 Å². The van der Waals surface area contributed by atoms with Gasteiger partial charge in [0.1, 0.15) is 0 Å². The highest BCUT2D eigenvalue weighted by Gasteiger charge is 2.15. The number of thioether (sulfide) groups is 1. The SMILES string of the molecule is Cc1ccc(-n2c(SCC(=O)Nc3c(C)cccc3C)nc3ccccc32)cc1. The Morgan fingerprint density at radius 1 is 0.931 bits per heavy atom. The van der Waals surface area contributed by atoms with Gasteiger partial charge in [-0.25, -0.2) is 4.98 Å². The molecule has 0 fully saturated rings. The van der Waals surface area contributed by atoms with Crippen LogP contribution in [-0.2, 0) is 4.79 Å². The molecule has 4 aromatic rings. The Kier molecular flexibility index (Phi) is 5.41. The molecule has 0 aliphatic carbocycles. The Morgan fingerprint density at radius 2 is 1.62 bits per heavy atom. The van der Waals surface area contributed by atoms with Gasteiger partial charge in [0.15, 0.2) is 5.16 Å². The van der Waals surface area contributed by atoms with E-state index < -0.39 is 0 Å². The van der Waals surface area contributed by atoms with Crippen molar-refractivity contribution in [1.82, 2.24) is 9.55 Å². The molecule has 1 aromatic heterocycles. The molecular formula is C24H23N3OS. The van der Waals surface area contributed by atoms with Crippen LogP contribution in [0, 0.1) is 20.8 Å². The normalized spacial score (nSPS) is 11.0. The average molecular weight is 402 g/mol. The van der Waals surface area contributed by atoms with Crippen LogP contribution >= 0.6 is 11.8 Å². The van der Waals surface area contributed by atoms with Crippen molar-refractivity contribution in [2.45, 2.75) is 25.9 Å². The molecule has 146 valence electrons. The second kappa shape index (κ2) is 8.13. The number of aromatic nitrogens is 2. The van der Waals surface area contributed by atoms with E-state index >= 15 is 0 Å². The number of carbonyl (C=O) groups excluding carboxylic acids is 1. The van der Waals surface area contributed by atoms with Gasteiger partial charge in [-0.2, -0.15) is 0 Å². The van der Waals surface area contributed by atoms with Gasteiger partial charge < -0.3 is 5.32 Å². The van der Waals surface area contributed by atoms with Crippen LogP contribution in [0.2, 0.25) is 0 Å². The number of nitrogens with one attached hydrogen (secondary N) is 1. The summed E-state index contributed by atoms with van der Waals surface area (Å²) >= 11 is 1.45. The number of para-hydroxylation sites is 3. The average Bonchev–Trinajstić information content (AvgIpc) is 3.08. The minimum Gasteiger partial charge on any atom is -0.325 e. The Balaban J connectivity index is 1.60. The molecule has 4 nitrogen and oxygen atoms in total. The number of anilines is 1. The zero-order chi connectivity index (χ0) is 20.4. The van der Waals surface area contributed by atoms with E-state index in [0.29, 0.717) is 5.75 Å². The number of hydrogen-bond acceptors (Lipinski definition) is 3. The third-order valence-electron chi connectivity index (χ3n) is 4.90. The van der Waals surface area contributed by atoms with Crippen molar-refractivity contribution in [3.63, 3.8) is 0 Å². The number of nitrogens with zero attached hydrogens (tertiary/aromatic N) is 2. The Labute approximate surface area is 175 Å². The van der Waals surface area contributed by atoms with Crippen molar-refractivity contribution in [2.24, 2.45) is 0 Å². The predicted molar refractivity (Wildman–Crippen MR) is 121 cm³/mol. The molecule has 0 aliphatic heterocycles. The molecule has 0 radical (unpaired) electrons. The highest BCUT2D eigenvalue weighted by molar-refractivity contribution is 7.99. The standard InChI is InChI=1S/C24H23N3OS/c1-16-11-13-19(14-12-16)27-21-10-5-4-9-20(21)25-24(27)29-15-22(28)26-23-17(2)7-6-8-18(23)3/h4-14H,15H2,1-3H3,(H,26,28). The van der Waals surface area contributed by atoms with E-state index in [9.17, 15) is 4.79 Å². The number of benzene rings is 3. The van der Waals surface area contributed by atoms with E-state index in [1.807, 2.05) is 50.2 Å². The van der Waals surface area contributed by atoms with Crippen LogP contribution in [0.25, 0.3) is 16.7 Å². The fraction of sp³-hybridized carbons (Fsp3) is 0.167. The van der Waals surface area contributed by atoms with Crippen molar-refractivity contribution >= 4 is 34.4 Å². The molecular weight excluding hydrogens is 378 g/mol. The van der Waals surface area contributed by atoms with Crippen LogP contribution in [0.4, 0.5) is 5.69 Å². The maximum Gasteiger partial charge on any atom is 0.234 e. The van der Waals surface area contributed by atoms with Crippen molar-refractivity contribution < 1.29 is 4.79 Å². The second-order valence-electron chi connectivity index (χ2n) is 7.16. The molecule has 0 spiro atoms. The molecule has 0 bridgehead atoms. The maximum atomic E-state index is 12.6. The first-order valence-electron chi connectivity index (χ1n) is 9.56. The molecule has 0 unspecified atom stereocenters. The highest BCUT2D eigenvalue weighted by atomic mass is 32.2. The number of fused-ring (bicyclic) bond motifs is 1. The third-order valence-corrected chi connectivity index (χ3v) is 5.84. The summed E-state index contributed by atoms with van der Waals surface area (Å²) in [6, 6.07) is 22.4. The largest absolute Gasteiger partial charge is 0.325 e. The van der Waals surface area contributed by atoms with Gasteiger partial charge in [-0.05, 0) is 56.2 Å². The zero-order valence-corrected chi connectivity index (χ0v) is 17.6. The smallest absolute Gasteiger partial charge is 0.234 e. The molecule has 29 heavy (non-hydrogen) atoms. The van der Waals surface area contributed by atoms with Gasteiger partial charge >= 0.3 is 0 Å². The van der Waals surface area contributed by atoms with E-state index in [0.717, 1.165) is 38.7 Å². The van der Waals surface area contributed by atoms with Crippen LogP contribution in [0.5, 0.6) is 0 Å². The molecule has 4 rings (SSSR count). The lowest BCUT2D eigenvalue weighted by Crippen LogP contribution is -2.16. The molecule has 0 atom stereocenters. The number of amides is 1. The molecule has 1 heterocycles. The Morgan fingerprint density at radius 3 is 2.34 bits per heavy atom. The first kappa shape index (κ1) is 19.3. The van der Waals surface area contributed by atoms with E-state index in [1.54, 1.807) is 0 Å². The topological polar surface area (TPSA) is 46.9 Å². The third kappa shape index (κ3) is 4.05. The summed E-state index contributed by atoms with van der Waals surface area (Å²) in [6.45, 7) is 6.09. The van der Waals surface area contributed by atoms with E-state index in [1.165, 1.54) is 17.3 Å². The van der Waals surface area contributed by atoms with Crippen molar-refractivity contribution in [2.75, 3.05) is 11.1 Å². The summed E-state index contributed by atoms with van der Waals surface area (Å²) in [4.78, 5) is 17.4. The predicted octanol–water partition coefficient (Wildman–Crippen LogP) is 5.68. The fourth-order valence-corrected chi connectivity index (χ4v) is 4.19. The summed E-state index contributed by atoms with van der Waals surface area (Å²) in [5, 5.41) is 3.86. The molecule has 5 heteroatoms. The van der Waals surface area contributed by atoms with Gasteiger partial charge in [0.25, 0.3) is 0 Å².